The third kappa shape index (κ3) is 3.87. The molecule has 38 heavy (non-hydrogen) atoms. The van der Waals surface area contributed by atoms with Crippen LogP contribution in [0.5, 0.6) is 5.75 Å². The highest BCUT2D eigenvalue weighted by molar-refractivity contribution is 5.84. The van der Waals surface area contributed by atoms with Crippen LogP contribution in [0.1, 0.15) is 44.4 Å². The monoisotopic (exact) mass is 506 g/mol. The topological polar surface area (TPSA) is 56.8 Å². The van der Waals surface area contributed by atoms with Crippen molar-refractivity contribution in [2.45, 2.75) is 44.3 Å². The summed E-state index contributed by atoms with van der Waals surface area (Å²) in [5.74, 6) is 0.944. The lowest BCUT2D eigenvalue weighted by Gasteiger charge is -2.49. The van der Waals surface area contributed by atoms with Crippen molar-refractivity contribution in [2.75, 3.05) is 23.1 Å². The van der Waals surface area contributed by atoms with Crippen molar-refractivity contribution in [1.29, 1.82) is 0 Å². The summed E-state index contributed by atoms with van der Waals surface area (Å²) in [5.41, 5.74) is 8.43. The van der Waals surface area contributed by atoms with Crippen LogP contribution in [0.4, 0.5) is 11.4 Å². The summed E-state index contributed by atoms with van der Waals surface area (Å²) >= 11 is 0. The van der Waals surface area contributed by atoms with E-state index in [4.69, 9.17) is 4.74 Å². The third-order valence-electron chi connectivity index (χ3n) is 8.09. The van der Waals surface area contributed by atoms with E-state index in [2.05, 4.69) is 101 Å². The summed E-state index contributed by atoms with van der Waals surface area (Å²) in [4.78, 5) is 15.2. The second-order valence-corrected chi connectivity index (χ2v) is 10.6. The zero-order valence-electron chi connectivity index (χ0n) is 22.1. The van der Waals surface area contributed by atoms with E-state index in [1.807, 2.05) is 37.3 Å². The minimum Gasteiger partial charge on any atom is -0.494 e. The van der Waals surface area contributed by atoms with Crippen LogP contribution in [0.3, 0.4) is 0 Å². The smallest absolute Gasteiger partial charge is 0.223 e. The van der Waals surface area contributed by atoms with E-state index in [9.17, 15) is 4.79 Å². The number of hydrogen-bond acceptors (Lipinski definition) is 5. The molecule has 1 saturated heterocycles. The molecule has 0 unspecified atom stereocenters. The lowest BCUT2D eigenvalue weighted by Crippen LogP contribution is -2.68. The lowest BCUT2D eigenvalue weighted by molar-refractivity contribution is -0.124. The summed E-state index contributed by atoms with van der Waals surface area (Å²) in [6, 6.07) is 27.0. The average molecular weight is 507 g/mol. The van der Waals surface area contributed by atoms with Gasteiger partial charge in [-0.3, -0.25) is 9.80 Å². The van der Waals surface area contributed by atoms with Gasteiger partial charge in [0.25, 0.3) is 0 Å². The molecule has 1 fully saturated rings. The van der Waals surface area contributed by atoms with Crippen LogP contribution < -0.4 is 25.4 Å². The van der Waals surface area contributed by atoms with Gasteiger partial charge in [-0.2, -0.15) is 0 Å². The molecule has 0 spiro atoms. The third-order valence-corrected chi connectivity index (χ3v) is 8.09. The zero-order chi connectivity index (χ0) is 26.3. The maximum Gasteiger partial charge on any atom is 0.223 e. The Kier molecular flexibility index (Phi) is 6.00. The number of hydrogen-bond donors (Lipinski definition) is 2. The second kappa shape index (κ2) is 9.37. The molecule has 3 aliphatic rings. The number of rotatable bonds is 6. The first-order valence-corrected chi connectivity index (χ1v) is 13.4. The molecule has 1 amide bonds. The van der Waals surface area contributed by atoms with Crippen LogP contribution in [-0.2, 0) is 10.2 Å². The normalized spacial score (nSPS) is 23.7. The molecule has 2 N–H and O–H groups in total. The van der Waals surface area contributed by atoms with Crippen molar-refractivity contribution < 1.29 is 9.53 Å². The fourth-order valence-electron chi connectivity index (χ4n) is 6.08. The second-order valence-electron chi connectivity index (χ2n) is 10.6. The zero-order valence-corrected chi connectivity index (χ0v) is 22.1. The van der Waals surface area contributed by atoms with Crippen LogP contribution in [0, 0.1) is 0 Å². The Morgan fingerprint density at radius 3 is 2.50 bits per heavy atom. The largest absolute Gasteiger partial charge is 0.494 e. The molecule has 2 atom stereocenters. The Balaban J connectivity index is 1.41. The van der Waals surface area contributed by atoms with Crippen molar-refractivity contribution in [3.05, 3.63) is 114 Å². The Bertz CT molecular complexity index is 1400. The Morgan fingerprint density at radius 2 is 1.74 bits per heavy atom. The SMILES string of the molecule is CCOc1ccc([C@H]2NN(c3ccccc3)C=C2/C=C/[C@]23NC(=O)CCN2c2ccccc2C3(C)C)cc1. The molecule has 0 radical (unpaired) electrons. The van der Waals surface area contributed by atoms with Crippen LogP contribution in [-0.4, -0.2) is 24.7 Å². The number of para-hydroxylation sites is 2. The summed E-state index contributed by atoms with van der Waals surface area (Å²) in [5, 5.41) is 5.47. The van der Waals surface area contributed by atoms with Gasteiger partial charge in [-0.15, -0.1) is 0 Å². The van der Waals surface area contributed by atoms with Crippen LogP contribution in [0.2, 0.25) is 0 Å². The van der Waals surface area contributed by atoms with E-state index in [0.717, 1.165) is 22.6 Å². The number of amides is 1. The Hall–Kier alpha value is -4.03. The summed E-state index contributed by atoms with van der Waals surface area (Å²) < 4.78 is 5.67. The van der Waals surface area contributed by atoms with Crippen molar-refractivity contribution in [2.24, 2.45) is 0 Å². The molecule has 0 aliphatic carbocycles. The summed E-state index contributed by atoms with van der Waals surface area (Å²) in [6.45, 7) is 7.77. The number of fused-ring (bicyclic) bond motifs is 3. The molecular formula is C32H34N4O2. The maximum absolute atomic E-state index is 12.8. The van der Waals surface area contributed by atoms with Gasteiger partial charge in [-0.25, -0.2) is 5.43 Å². The Labute approximate surface area is 224 Å². The minimum atomic E-state index is -0.656. The molecule has 3 aromatic carbocycles. The molecular weight excluding hydrogens is 472 g/mol. The van der Waals surface area contributed by atoms with Gasteiger partial charge in [0.2, 0.25) is 5.91 Å². The van der Waals surface area contributed by atoms with Gasteiger partial charge >= 0.3 is 0 Å². The summed E-state index contributed by atoms with van der Waals surface area (Å²) in [7, 11) is 0. The number of nitrogens with zero attached hydrogens (tertiary/aromatic N) is 2. The van der Waals surface area contributed by atoms with Gasteiger partial charge in [-0.05, 0) is 60.0 Å². The molecule has 0 saturated carbocycles. The van der Waals surface area contributed by atoms with Crippen LogP contribution in [0.25, 0.3) is 0 Å². The lowest BCUT2D eigenvalue weighted by atomic mass is 9.74. The molecule has 6 rings (SSSR count). The quantitative estimate of drug-likeness (QED) is 0.456. The highest BCUT2D eigenvalue weighted by atomic mass is 16.5. The minimum absolute atomic E-state index is 0.0573. The van der Waals surface area contributed by atoms with Crippen molar-refractivity contribution in [3.8, 4) is 5.75 Å². The summed E-state index contributed by atoms with van der Waals surface area (Å²) in [6.07, 6.45) is 7.02. The first kappa shape index (κ1) is 24.3. The first-order chi connectivity index (χ1) is 18.4. The van der Waals surface area contributed by atoms with E-state index < -0.39 is 5.66 Å². The molecule has 0 aromatic heterocycles. The Morgan fingerprint density at radius 1 is 1.00 bits per heavy atom. The van der Waals surface area contributed by atoms with E-state index >= 15 is 0 Å². The van der Waals surface area contributed by atoms with Crippen LogP contribution in [0.15, 0.2) is 103 Å². The predicted octanol–water partition coefficient (Wildman–Crippen LogP) is 5.61. The molecule has 194 valence electrons. The van der Waals surface area contributed by atoms with Crippen molar-refractivity contribution in [1.82, 2.24) is 10.7 Å². The molecule has 6 nitrogen and oxygen atoms in total. The molecule has 0 bridgehead atoms. The van der Waals surface area contributed by atoms with Gasteiger partial charge in [0.1, 0.15) is 11.4 Å². The van der Waals surface area contributed by atoms with E-state index in [-0.39, 0.29) is 17.4 Å². The molecule has 3 aliphatic heterocycles. The van der Waals surface area contributed by atoms with Gasteiger partial charge in [0.15, 0.2) is 0 Å². The van der Waals surface area contributed by atoms with Crippen LogP contribution >= 0.6 is 0 Å². The maximum atomic E-state index is 12.8. The number of anilines is 2. The standard InChI is InChI=1S/C32H34N4O2/c1-4-38-26-16-14-23(15-17-26)30-24(22-36(34-30)25-10-6-5-7-11-25)18-20-32-31(2,3)27-12-8-9-13-28(27)35(32)21-19-29(37)33-32/h5-18,20,22,30,34H,4,19,21H2,1-3H3,(H,33,37)/b20-18+/t30-,32+/m1/s1. The first-order valence-electron chi connectivity index (χ1n) is 13.4. The average Bonchev–Trinajstić information content (AvgIpc) is 3.44. The molecule has 3 aromatic rings. The van der Waals surface area contributed by atoms with Crippen molar-refractivity contribution in [3.63, 3.8) is 0 Å². The van der Waals surface area contributed by atoms with Gasteiger partial charge in [0, 0.05) is 30.3 Å². The van der Waals surface area contributed by atoms with E-state index in [0.29, 0.717) is 19.6 Å². The fraction of sp³-hybridized carbons (Fsp3) is 0.281. The number of carbonyl (C=O) groups excluding carboxylic acids is 1. The van der Waals surface area contributed by atoms with E-state index in [1.165, 1.54) is 11.3 Å². The fourth-order valence-corrected chi connectivity index (χ4v) is 6.08. The predicted molar refractivity (Wildman–Crippen MR) is 152 cm³/mol. The number of nitrogens with one attached hydrogen (secondary N) is 2. The molecule has 6 heteroatoms. The van der Waals surface area contributed by atoms with Gasteiger partial charge in [0.05, 0.1) is 18.3 Å². The molecule has 3 heterocycles. The number of ether oxygens (including phenoxy) is 1. The number of carbonyl (C=O) groups is 1. The highest BCUT2D eigenvalue weighted by Crippen LogP contribution is 2.52. The number of benzene rings is 3. The van der Waals surface area contributed by atoms with E-state index in [1.54, 1.807) is 0 Å². The highest BCUT2D eigenvalue weighted by Gasteiger charge is 2.57. The van der Waals surface area contributed by atoms with Gasteiger partial charge < -0.3 is 15.0 Å². The van der Waals surface area contributed by atoms with Crippen molar-refractivity contribution >= 4 is 17.3 Å². The van der Waals surface area contributed by atoms with Gasteiger partial charge in [-0.1, -0.05) is 68.5 Å². The number of hydrazine groups is 1.